The van der Waals surface area contributed by atoms with E-state index in [-0.39, 0.29) is 5.54 Å². The molecule has 0 spiro atoms. The molecule has 1 aromatic heterocycles. The van der Waals surface area contributed by atoms with Crippen molar-refractivity contribution in [2.45, 2.75) is 43.7 Å². The summed E-state index contributed by atoms with van der Waals surface area (Å²) in [7, 11) is 8.50. The van der Waals surface area contributed by atoms with E-state index in [0.717, 1.165) is 4.47 Å². The van der Waals surface area contributed by atoms with Crippen molar-refractivity contribution in [3.8, 4) is 0 Å². The van der Waals surface area contributed by atoms with E-state index in [9.17, 15) is 0 Å². The number of aromatic nitrogens is 2. The zero-order chi connectivity index (χ0) is 14.0. The third-order valence-electron chi connectivity index (χ3n) is 4.65. The van der Waals surface area contributed by atoms with Crippen LogP contribution in [0.4, 0.5) is 0 Å². The average molecular weight is 329 g/mol. The zero-order valence-electron chi connectivity index (χ0n) is 12.4. The second kappa shape index (κ2) is 5.94. The molecule has 4 nitrogen and oxygen atoms in total. The smallest absolute Gasteiger partial charge is 0.0711 e. The molecule has 1 saturated carbocycles. The van der Waals surface area contributed by atoms with Crippen molar-refractivity contribution in [1.29, 1.82) is 0 Å². The summed E-state index contributed by atoms with van der Waals surface area (Å²) in [6.45, 7) is 0. The van der Waals surface area contributed by atoms with Crippen molar-refractivity contribution in [2.24, 2.45) is 7.05 Å². The first-order chi connectivity index (χ1) is 9.03. The van der Waals surface area contributed by atoms with Crippen molar-refractivity contribution in [1.82, 2.24) is 20.0 Å². The van der Waals surface area contributed by atoms with Gasteiger partial charge in [0.15, 0.2) is 0 Å². The van der Waals surface area contributed by atoms with Crippen molar-refractivity contribution in [2.75, 3.05) is 21.1 Å². The third-order valence-corrected chi connectivity index (χ3v) is 5.26. The van der Waals surface area contributed by atoms with Gasteiger partial charge >= 0.3 is 0 Å². The molecule has 1 atom stereocenters. The van der Waals surface area contributed by atoms with Crippen molar-refractivity contribution in [3.05, 3.63) is 16.4 Å². The van der Waals surface area contributed by atoms with Gasteiger partial charge in [-0.25, -0.2) is 0 Å². The Morgan fingerprint density at radius 3 is 2.42 bits per heavy atom. The molecule has 1 aliphatic rings. The summed E-state index contributed by atoms with van der Waals surface area (Å²) >= 11 is 3.66. The van der Waals surface area contributed by atoms with Gasteiger partial charge in [-0.1, -0.05) is 19.3 Å². The number of nitrogens with one attached hydrogen (secondary N) is 1. The van der Waals surface area contributed by atoms with Gasteiger partial charge in [0.1, 0.15) is 0 Å². The highest BCUT2D eigenvalue weighted by Crippen LogP contribution is 2.43. The van der Waals surface area contributed by atoms with Gasteiger partial charge in [-0.05, 0) is 49.9 Å². The molecule has 0 aromatic carbocycles. The van der Waals surface area contributed by atoms with Crippen molar-refractivity contribution >= 4 is 15.9 Å². The Balaban J connectivity index is 2.43. The molecular weight excluding hydrogens is 304 g/mol. The Labute approximate surface area is 124 Å². The summed E-state index contributed by atoms with van der Waals surface area (Å²) in [5.74, 6) is 0. The van der Waals surface area contributed by atoms with Gasteiger partial charge in [0.2, 0.25) is 0 Å². The Bertz CT molecular complexity index is 402. The van der Waals surface area contributed by atoms with Crippen LogP contribution in [0.2, 0.25) is 0 Å². The predicted octanol–water partition coefficient (Wildman–Crippen LogP) is 2.71. The van der Waals surface area contributed by atoms with E-state index in [4.69, 9.17) is 0 Å². The lowest BCUT2D eigenvalue weighted by molar-refractivity contribution is 0.0561. The van der Waals surface area contributed by atoms with Gasteiger partial charge in [-0.3, -0.25) is 4.68 Å². The van der Waals surface area contributed by atoms with Crippen LogP contribution < -0.4 is 5.32 Å². The monoisotopic (exact) mass is 328 g/mol. The van der Waals surface area contributed by atoms with Crippen LogP contribution >= 0.6 is 15.9 Å². The molecule has 5 heteroatoms. The second-order valence-corrected chi connectivity index (χ2v) is 6.64. The van der Waals surface area contributed by atoms with Gasteiger partial charge in [0.25, 0.3) is 0 Å². The highest BCUT2D eigenvalue weighted by molar-refractivity contribution is 9.10. The number of nitrogens with zero attached hydrogens (tertiary/aromatic N) is 3. The molecule has 0 aliphatic heterocycles. The highest BCUT2D eigenvalue weighted by atomic mass is 79.9. The molecule has 1 aromatic rings. The van der Waals surface area contributed by atoms with E-state index in [0.29, 0.717) is 6.04 Å². The maximum absolute atomic E-state index is 4.38. The van der Waals surface area contributed by atoms with Crippen LogP contribution in [-0.4, -0.2) is 41.4 Å². The fraction of sp³-hybridized carbons (Fsp3) is 0.786. The molecule has 0 bridgehead atoms. The van der Waals surface area contributed by atoms with Gasteiger partial charge in [-0.15, -0.1) is 0 Å². The molecule has 1 N–H and O–H groups in total. The molecule has 108 valence electrons. The van der Waals surface area contributed by atoms with E-state index < -0.39 is 0 Å². The van der Waals surface area contributed by atoms with Gasteiger partial charge in [-0.2, -0.15) is 5.10 Å². The van der Waals surface area contributed by atoms with E-state index >= 15 is 0 Å². The topological polar surface area (TPSA) is 33.1 Å². The SMILES string of the molecule is CNC(c1c(Br)cnn1C)C1(N(C)C)CCCCC1. The summed E-state index contributed by atoms with van der Waals surface area (Å²) in [6, 6.07) is 0.296. The number of aryl methyl sites for hydroxylation is 1. The standard InChI is InChI=1S/C14H25BrN4/c1-16-13(12-11(15)10-17-19(12)4)14(18(2)3)8-6-5-7-9-14/h10,13,16H,5-9H2,1-4H3. The zero-order valence-corrected chi connectivity index (χ0v) is 14.0. The van der Waals surface area contributed by atoms with Crippen LogP contribution in [-0.2, 0) is 7.05 Å². The number of rotatable bonds is 4. The van der Waals surface area contributed by atoms with Crippen LogP contribution in [0.5, 0.6) is 0 Å². The van der Waals surface area contributed by atoms with Gasteiger partial charge in [0, 0.05) is 12.6 Å². The molecule has 0 amide bonds. The Kier molecular flexibility index (Phi) is 4.69. The predicted molar refractivity (Wildman–Crippen MR) is 82.2 cm³/mol. The normalized spacial score (nSPS) is 20.7. The number of hydrogen-bond donors (Lipinski definition) is 1. The van der Waals surface area contributed by atoms with Crippen LogP contribution in [0.1, 0.15) is 43.8 Å². The maximum atomic E-state index is 4.38. The van der Waals surface area contributed by atoms with E-state index in [1.807, 2.05) is 17.9 Å². The van der Waals surface area contributed by atoms with Crippen LogP contribution in [0.3, 0.4) is 0 Å². The lowest BCUT2D eigenvalue weighted by Crippen LogP contribution is -2.54. The van der Waals surface area contributed by atoms with Crippen LogP contribution in [0.15, 0.2) is 10.7 Å². The Hall–Kier alpha value is -0.390. The molecule has 1 fully saturated rings. The number of likely N-dealkylation sites (N-methyl/N-ethyl adjacent to an activating group) is 2. The minimum absolute atomic E-state index is 0.184. The molecule has 1 aliphatic carbocycles. The first-order valence-corrected chi connectivity index (χ1v) is 7.84. The first-order valence-electron chi connectivity index (χ1n) is 7.05. The lowest BCUT2D eigenvalue weighted by Gasteiger charge is -2.48. The van der Waals surface area contributed by atoms with Crippen LogP contribution in [0.25, 0.3) is 0 Å². The minimum atomic E-state index is 0.184. The van der Waals surface area contributed by atoms with Gasteiger partial charge < -0.3 is 10.2 Å². The summed E-state index contributed by atoms with van der Waals surface area (Å²) < 4.78 is 3.09. The van der Waals surface area contributed by atoms with E-state index in [1.54, 1.807) is 0 Å². The summed E-state index contributed by atoms with van der Waals surface area (Å²) in [5, 5.41) is 7.93. The summed E-state index contributed by atoms with van der Waals surface area (Å²) in [4.78, 5) is 2.41. The Morgan fingerprint density at radius 2 is 2.00 bits per heavy atom. The number of halogens is 1. The summed E-state index contributed by atoms with van der Waals surface area (Å²) in [6.07, 6.45) is 8.36. The summed E-state index contributed by atoms with van der Waals surface area (Å²) in [5.41, 5.74) is 1.43. The maximum Gasteiger partial charge on any atom is 0.0711 e. The molecule has 2 rings (SSSR count). The molecule has 19 heavy (non-hydrogen) atoms. The molecule has 1 heterocycles. The average Bonchev–Trinajstić information content (AvgIpc) is 2.72. The van der Waals surface area contributed by atoms with E-state index in [2.05, 4.69) is 52.4 Å². The first kappa shape index (κ1) is 15.0. The van der Waals surface area contributed by atoms with Crippen LogP contribution in [0, 0.1) is 0 Å². The Morgan fingerprint density at radius 1 is 1.37 bits per heavy atom. The fourth-order valence-electron chi connectivity index (χ4n) is 3.56. The van der Waals surface area contributed by atoms with Gasteiger partial charge in [0.05, 0.1) is 22.4 Å². The highest BCUT2D eigenvalue weighted by Gasteiger charge is 2.43. The van der Waals surface area contributed by atoms with E-state index in [1.165, 1.54) is 37.8 Å². The quantitative estimate of drug-likeness (QED) is 0.922. The second-order valence-electron chi connectivity index (χ2n) is 5.78. The lowest BCUT2D eigenvalue weighted by atomic mass is 9.74. The molecular formula is C14H25BrN4. The fourth-order valence-corrected chi connectivity index (χ4v) is 4.14. The van der Waals surface area contributed by atoms with Crippen molar-refractivity contribution in [3.63, 3.8) is 0 Å². The van der Waals surface area contributed by atoms with Crippen molar-refractivity contribution < 1.29 is 0 Å². The number of hydrogen-bond acceptors (Lipinski definition) is 3. The largest absolute Gasteiger partial charge is 0.310 e. The third kappa shape index (κ3) is 2.60. The minimum Gasteiger partial charge on any atom is -0.310 e. The molecule has 1 unspecified atom stereocenters. The molecule has 0 radical (unpaired) electrons. The molecule has 0 saturated heterocycles.